The maximum absolute atomic E-state index is 13.1. The molecule has 0 radical (unpaired) electrons. The fraction of sp³-hybridized carbons (Fsp3) is 0. The van der Waals surface area contributed by atoms with Crippen molar-refractivity contribution in [2.24, 2.45) is 0 Å². The number of benzene rings is 1. The predicted molar refractivity (Wildman–Crippen MR) is 40.2 cm³/mol. The van der Waals surface area contributed by atoms with Crippen molar-refractivity contribution in [2.45, 2.75) is 0 Å². The smallest absolute Gasteiger partial charge is 0.341 e. The number of rotatable bonds is 2. The van der Waals surface area contributed by atoms with Gasteiger partial charge in [0.1, 0.15) is 22.8 Å². The van der Waals surface area contributed by atoms with Crippen molar-refractivity contribution in [2.75, 3.05) is 0 Å². The molecule has 1 rings (SSSR count). The van der Waals surface area contributed by atoms with Gasteiger partial charge in [-0.25, -0.2) is 22.8 Å². The lowest BCUT2D eigenvalue weighted by Gasteiger charge is -2.04. The van der Waals surface area contributed by atoms with Crippen molar-refractivity contribution in [3.63, 3.8) is 0 Å². The van der Waals surface area contributed by atoms with Gasteiger partial charge in [0.25, 0.3) is 0 Å². The summed E-state index contributed by atoms with van der Waals surface area (Å²) in [6.07, 6.45) is 0. The second-order valence-corrected chi connectivity index (χ2v) is 2.51. The van der Waals surface area contributed by atoms with Crippen molar-refractivity contribution < 1.29 is 33.0 Å². The predicted octanol–water partition coefficient (Wildman–Crippen LogP) is 1.50. The normalized spacial score (nSPS) is 10.1. The van der Waals surface area contributed by atoms with Crippen molar-refractivity contribution >= 4 is 11.9 Å². The molecule has 15 heavy (non-hydrogen) atoms. The minimum absolute atomic E-state index is 0.00991. The Bertz CT molecular complexity index is 417. The van der Waals surface area contributed by atoms with E-state index in [1.165, 1.54) is 0 Å². The van der Waals surface area contributed by atoms with Crippen LogP contribution in [0.4, 0.5) is 13.2 Å². The van der Waals surface area contributed by atoms with E-state index in [0.717, 1.165) is 0 Å². The molecule has 1 aromatic rings. The van der Waals surface area contributed by atoms with Gasteiger partial charge in [0.15, 0.2) is 5.82 Å². The van der Waals surface area contributed by atoms with Crippen LogP contribution in [0.25, 0.3) is 0 Å². The van der Waals surface area contributed by atoms with Crippen LogP contribution in [0, 0.1) is 17.5 Å². The molecule has 7 heteroatoms. The zero-order valence-electron chi connectivity index (χ0n) is 6.92. The molecule has 0 amide bonds. The summed E-state index contributed by atoms with van der Waals surface area (Å²) in [4.78, 5) is 20.7. The van der Waals surface area contributed by atoms with E-state index in [1.54, 1.807) is 0 Å². The van der Waals surface area contributed by atoms with E-state index in [0.29, 0.717) is 0 Å². The number of hydrogen-bond acceptors (Lipinski definition) is 2. The van der Waals surface area contributed by atoms with Crippen LogP contribution in [0.1, 0.15) is 20.7 Å². The van der Waals surface area contributed by atoms with Crippen LogP contribution in [0.3, 0.4) is 0 Å². The Hall–Kier alpha value is -2.05. The highest BCUT2D eigenvalue weighted by Crippen LogP contribution is 2.20. The van der Waals surface area contributed by atoms with Crippen LogP contribution >= 0.6 is 0 Å². The minimum atomic E-state index is -2.01. The van der Waals surface area contributed by atoms with E-state index in [1.807, 2.05) is 0 Å². The summed E-state index contributed by atoms with van der Waals surface area (Å²) in [6.45, 7) is 0. The maximum Gasteiger partial charge on any atom is 0.341 e. The molecule has 4 nitrogen and oxygen atoms in total. The van der Waals surface area contributed by atoms with Gasteiger partial charge in [0, 0.05) is 6.07 Å². The molecule has 0 heterocycles. The van der Waals surface area contributed by atoms with Gasteiger partial charge in [-0.2, -0.15) is 0 Å². The van der Waals surface area contributed by atoms with Crippen molar-refractivity contribution in [3.05, 3.63) is 34.6 Å². The average Bonchev–Trinajstić information content (AvgIpc) is 1.99. The van der Waals surface area contributed by atoms with Gasteiger partial charge in [-0.1, -0.05) is 0 Å². The summed E-state index contributed by atoms with van der Waals surface area (Å²) in [7, 11) is 0. The van der Waals surface area contributed by atoms with Gasteiger partial charge in [-0.15, -0.1) is 0 Å². The van der Waals surface area contributed by atoms with Crippen LogP contribution < -0.4 is 0 Å². The first-order valence-electron chi connectivity index (χ1n) is 3.50. The molecule has 0 spiro atoms. The van der Waals surface area contributed by atoms with Gasteiger partial charge >= 0.3 is 11.9 Å². The number of hydrogen-bond donors (Lipinski definition) is 2. The van der Waals surface area contributed by atoms with Gasteiger partial charge in [0.2, 0.25) is 0 Å². The van der Waals surface area contributed by atoms with Gasteiger partial charge in [-0.3, -0.25) is 0 Å². The van der Waals surface area contributed by atoms with Crippen LogP contribution in [0.5, 0.6) is 0 Å². The number of carbonyl (C=O) groups is 2. The average molecular weight is 220 g/mol. The van der Waals surface area contributed by atoms with Crippen molar-refractivity contribution in [1.82, 2.24) is 0 Å². The third-order valence-corrected chi connectivity index (χ3v) is 1.60. The number of aromatic carboxylic acids is 2. The fourth-order valence-corrected chi connectivity index (χ4v) is 0.982. The molecule has 0 bridgehead atoms. The molecular weight excluding hydrogens is 217 g/mol. The highest BCUT2D eigenvalue weighted by molar-refractivity contribution is 5.94. The molecule has 0 fully saturated rings. The Morgan fingerprint density at radius 2 is 1.27 bits per heavy atom. The first-order valence-corrected chi connectivity index (χ1v) is 3.50. The molecule has 0 aliphatic rings. The second-order valence-electron chi connectivity index (χ2n) is 2.51. The SMILES string of the molecule is O=C(O)c1c(F)cc(F)c(C(=O)O)c1F. The maximum atomic E-state index is 13.1. The zero-order valence-corrected chi connectivity index (χ0v) is 6.92. The molecule has 0 saturated carbocycles. The van der Waals surface area contributed by atoms with Crippen LogP contribution in [-0.4, -0.2) is 22.2 Å². The summed E-state index contributed by atoms with van der Waals surface area (Å²) >= 11 is 0. The minimum Gasteiger partial charge on any atom is -0.477 e. The Labute approximate surface area is 80.6 Å². The van der Waals surface area contributed by atoms with Gasteiger partial charge in [0.05, 0.1) is 0 Å². The van der Waals surface area contributed by atoms with Crippen LogP contribution in [0.15, 0.2) is 6.07 Å². The zero-order chi connectivity index (χ0) is 11.7. The third kappa shape index (κ3) is 1.76. The number of carboxylic acid groups (broad SMARTS) is 2. The monoisotopic (exact) mass is 220 g/mol. The summed E-state index contributed by atoms with van der Waals surface area (Å²) < 4.78 is 38.6. The van der Waals surface area contributed by atoms with E-state index in [9.17, 15) is 22.8 Å². The van der Waals surface area contributed by atoms with Crippen LogP contribution in [-0.2, 0) is 0 Å². The lowest BCUT2D eigenvalue weighted by molar-refractivity contribution is 0.0680. The Kier molecular flexibility index (Phi) is 2.65. The molecule has 0 aliphatic heterocycles. The molecule has 1 aromatic carbocycles. The number of carboxylic acids is 2. The van der Waals surface area contributed by atoms with Crippen molar-refractivity contribution in [3.8, 4) is 0 Å². The van der Waals surface area contributed by atoms with Crippen molar-refractivity contribution in [1.29, 1.82) is 0 Å². The van der Waals surface area contributed by atoms with E-state index in [4.69, 9.17) is 10.2 Å². The van der Waals surface area contributed by atoms with E-state index < -0.39 is 40.5 Å². The van der Waals surface area contributed by atoms with Gasteiger partial charge < -0.3 is 10.2 Å². The Morgan fingerprint density at radius 3 is 1.53 bits per heavy atom. The van der Waals surface area contributed by atoms with Gasteiger partial charge in [-0.05, 0) is 0 Å². The summed E-state index contributed by atoms with van der Waals surface area (Å²) in [5.74, 6) is -9.28. The molecular formula is C8H3F3O4. The Morgan fingerprint density at radius 1 is 0.933 bits per heavy atom. The summed E-state index contributed by atoms with van der Waals surface area (Å²) in [5.41, 5.74) is -2.98. The topological polar surface area (TPSA) is 74.6 Å². The van der Waals surface area contributed by atoms with Crippen LogP contribution in [0.2, 0.25) is 0 Å². The van der Waals surface area contributed by atoms with E-state index in [2.05, 4.69) is 0 Å². The first-order chi connectivity index (χ1) is 6.86. The highest BCUT2D eigenvalue weighted by atomic mass is 19.1. The molecule has 2 N–H and O–H groups in total. The quantitative estimate of drug-likeness (QED) is 0.791. The molecule has 0 saturated heterocycles. The van der Waals surface area contributed by atoms with E-state index >= 15 is 0 Å². The summed E-state index contributed by atoms with van der Waals surface area (Å²) in [6, 6.07) is 0.00991. The standard InChI is InChI=1S/C8H3F3O4/c9-2-1-3(10)5(8(14)15)6(11)4(2)7(12)13/h1H,(H,12,13)(H,14,15). The fourth-order valence-electron chi connectivity index (χ4n) is 0.982. The lowest BCUT2D eigenvalue weighted by atomic mass is 10.1. The third-order valence-electron chi connectivity index (χ3n) is 1.60. The first kappa shape index (κ1) is 11.0. The molecule has 80 valence electrons. The molecule has 0 unspecified atom stereocenters. The lowest BCUT2D eigenvalue weighted by Crippen LogP contribution is -2.13. The second kappa shape index (κ2) is 3.60. The molecule has 0 atom stereocenters. The highest BCUT2D eigenvalue weighted by Gasteiger charge is 2.27. The molecule has 0 aliphatic carbocycles. The van der Waals surface area contributed by atoms with E-state index in [-0.39, 0.29) is 6.07 Å². The Balaban J connectivity index is 3.64. The largest absolute Gasteiger partial charge is 0.477 e. The summed E-state index contributed by atoms with van der Waals surface area (Å²) in [5, 5.41) is 16.7. The number of halogens is 3. The molecule has 0 aromatic heterocycles.